The summed E-state index contributed by atoms with van der Waals surface area (Å²) in [7, 11) is 0. The van der Waals surface area contributed by atoms with Gasteiger partial charge in [-0.2, -0.15) is 0 Å². The molecule has 0 aliphatic rings. The van der Waals surface area contributed by atoms with E-state index >= 15 is 0 Å². The molecule has 0 saturated carbocycles. The lowest BCUT2D eigenvalue weighted by Crippen LogP contribution is -2.17. The molecule has 2 heterocycles. The summed E-state index contributed by atoms with van der Waals surface area (Å²) in [5, 5.41) is 2.14. The molecule has 0 radical (unpaired) electrons. The Morgan fingerprint density at radius 3 is 2.48 bits per heavy atom. The Bertz CT molecular complexity index is 809. The average Bonchev–Trinajstić information content (AvgIpc) is 3.06. The lowest BCUT2D eigenvalue weighted by molar-refractivity contribution is 0.340. The molecule has 3 rings (SSSR count). The number of rotatable bonds is 4. The molecule has 5 heteroatoms. The Balaban J connectivity index is 2.13. The quantitative estimate of drug-likeness (QED) is 0.780. The average molecular weight is 329 g/mol. The molecule has 2 N–H and O–H groups in total. The van der Waals surface area contributed by atoms with Crippen LogP contribution in [-0.4, -0.2) is 16.0 Å². The van der Waals surface area contributed by atoms with E-state index < -0.39 is 0 Å². The van der Waals surface area contributed by atoms with Gasteiger partial charge < -0.3 is 10.5 Å². The van der Waals surface area contributed by atoms with Crippen LogP contribution < -0.4 is 10.5 Å². The predicted molar refractivity (Wildman–Crippen MR) is 96.3 cm³/mol. The summed E-state index contributed by atoms with van der Waals surface area (Å²) in [6.07, 6.45) is 0. The predicted octanol–water partition coefficient (Wildman–Crippen LogP) is 4.22. The molecule has 0 aliphatic carbocycles. The Kier molecular flexibility index (Phi) is 4.17. The van der Waals surface area contributed by atoms with Crippen LogP contribution in [0, 0.1) is 0 Å². The summed E-state index contributed by atoms with van der Waals surface area (Å²) >= 11 is 1.65. The van der Waals surface area contributed by atoms with Crippen LogP contribution in [0.25, 0.3) is 16.2 Å². The summed E-state index contributed by atoms with van der Waals surface area (Å²) in [4.78, 5) is 5.82. The molecular formula is C18H23N3OS. The van der Waals surface area contributed by atoms with Gasteiger partial charge in [0.25, 0.3) is 0 Å². The minimum Gasteiger partial charge on any atom is -0.494 e. The second-order valence-corrected chi connectivity index (χ2v) is 7.39. The minimum atomic E-state index is -0.0173. The SMILES string of the molecule is CCOc1ccc(-c2csc3nc(C(C)(C)C)c(CN)n23)cc1. The minimum absolute atomic E-state index is 0.0173. The van der Waals surface area contributed by atoms with Gasteiger partial charge in [-0.05, 0) is 36.8 Å². The van der Waals surface area contributed by atoms with Crippen LogP contribution in [0.5, 0.6) is 5.75 Å². The highest BCUT2D eigenvalue weighted by Crippen LogP contribution is 2.33. The first-order valence-electron chi connectivity index (χ1n) is 7.88. The molecule has 0 amide bonds. The van der Waals surface area contributed by atoms with E-state index in [1.807, 2.05) is 19.1 Å². The van der Waals surface area contributed by atoms with Crippen LogP contribution in [0.3, 0.4) is 0 Å². The van der Waals surface area contributed by atoms with Gasteiger partial charge in [-0.3, -0.25) is 4.40 Å². The van der Waals surface area contributed by atoms with Crippen LogP contribution in [0.4, 0.5) is 0 Å². The molecule has 1 aromatic carbocycles. The van der Waals surface area contributed by atoms with Crippen molar-refractivity contribution in [2.75, 3.05) is 6.61 Å². The van der Waals surface area contributed by atoms with E-state index in [9.17, 15) is 0 Å². The maximum absolute atomic E-state index is 6.05. The van der Waals surface area contributed by atoms with Gasteiger partial charge in [0.2, 0.25) is 0 Å². The molecule has 3 aromatic rings. The molecule has 0 bridgehead atoms. The van der Waals surface area contributed by atoms with Crippen LogP contribution in [0.1, 0.15) is 39.1 Å². The first-order chi connectivity index (χ1) is 11.0. The fourth-order valence-electron chi connectivity index (χ4n) is 2.79. The molecule has 0 atom stereocenters. The van der Waals surface area contributed by atoms with Gasteiger partial charge in [0, 0.05) is 17.3 Å². The van der Waals surface area contributed by atoms with Gasteiger partial charge in [-0.1, -0.05) is 20.8 Å². The van der Waals surface area contributed by atoms with E-state index in [1.54, 1.807) is 11.3 Å². The van der Waals surface area contributed by atoms with E-state index in [1.165, 1.54) is 0 Å². The highest BCUT2D eigenvalue weighted by atomic mass is 32.1. The largest absolute Gasteiger partial charge is 0.494 e. The summed E-state index contributed by atoms with van der Waals surface area (Å²) < 4.78 is 7.72. The van der Waals surface area contributed by atoms with Crippen LogP contribution >= 0.6 is 11.3 Å². The Labute approximate surface area is 140 Å². The number of ether oxygens (including phenoxy) is 1. The number of fused-ring (bicyclic) bond motifs is 1. The van der Waals surface area contributed by atoms with Gasteiger partial charge in [0.1, 0.15) is 5.75 Å². The van der Waals surface area contributed by atoms with Gasteiger partial charge >= 0.3 is 0 Å². The van der Waals surface area contributed by atoms with Crippen molar-refractivity contribution in [1.82, 2.24) is 9.38 Å². The van der Waals surface area contributed by atoms with E-state index in [-0.39, 0.29) is 5.41 Å². The highest BCUT2D eigenvalue weighted by Gasteiger charge is 2.25. The second kappa shape index (κ2) is 5.98. The first-order valence-corrected chi connectivity index (χ1v) is 8.76. The van der Waals surface area contributed by atoms with E-state index in [2.05, 4.69) is 42.7 Å². The van der Waals surface area contributed by atoms with Gasteiger partial charge in [-0.15, -0.1) is 11.3 Å². The maximum Gasteiger partial charge on any atom is 0.194 e. The van der Waals surface area contributed by atoms with Crippen molar-refractivity contribution >= 4 is 16.3 Å². The van der Waals surface area contributed by atoms with Crippen molar-refractivity contribution in [2.45, 2.75) is 39.7 Å². The molecule has 0 spiro atoms. The summed E-state index contributed by atoms with van der Waals surface area (Å²) in [6.45, 7) is 9.67. The third-order valence-corrected chi connectivity index (χ3v) is 4.65. The number of imidazole rings is 1. The van der Waals surface area contributed by atoms with E-state index in [0.29, 0.717) is 13.2 Å². The number of hydrogen-bond acceptors (Lipinski definition) is 4. The topological polar surface area (TPSA) is 52.5 Å². The fourth-order valence-corrected chi connectivity index (χ4v) is 3.71. The van der Waals surface area contributed by atoms with Crippen molar-refractivity contribution in [1.29, 1.82) is 0 Å². The number of nitrogens with zero attached hydrogens (tertiary/aromatic N) is 2. The molecule has 23 heavy (non-hydrogen) atoms. The maximum atomic E-state index is 6.05. The lowest BCUT2D eigenvalue weighted by Gasteiger charge is -2.17. The van der Waals surface area contributed by atoms with E-state index in [0.717, 1.165) is 33.4 Å². The molecular weight excluding hydrogens is 306 g/mol. The van der Waals surface area contributed by atoms with Crippen molar-refractivity contribution in [3.8, 4) is 17.0 Å². The van der Waals surface area contributed by atoms with Crippen molar-refractivity contribution < 1.29 is 4.74 Å². The van der Waals surface area contributed by atoms with Crippen LogP contribution in [0.2, 0.25) is 0 Å². The summed E-state index contributed by atoms with van der Waals surface area (Å²) in [6, 6.07) is 8.19. The van der Waals surface area contributed by atoms with Crippen LogP contribution in [-0.2, 0) is 12.0 Å². The number of nitrogens with two attached hydrogens (primary N) is 1. The zero-order chi connectivity index (χ0) is 16.6. The zero-order valence-corrected chi connectivity index (χ0v) is 14.9. The van der Waals surface area contributed by atoms with Crippen molar-refractivity contribution in [3.63, 3.8) is 0 Å². The molecule has 122 valence electrons. The summed E-state index contributed by atoms with van der Waals surface area (Å²) in [5.74, 6) is 0.891. The number of benzene rings is 1. The smallest absolute Gasteiger partial charge is 0.194 e. The van der Waals surface area contributed by atoms with Gasteiger partial charge in [-0.25, -0.2) is 4.98 Å². The number of thiazole rings is 1. The molecule has 0 aliphatic heterocycles. The standard InChI is InChI=1S/C18H23N3OS/c1-5-22-13-8-6-12(7-9-13)15-11-23-17-20-16(18(2,3)4)14(10-19)21(15)17/h6-9,11H,5,10,19H2,1-4H3. The van der Waals surface area contributed by atoms with Gasteiger partial charge in [0.15, 0.2) is 4.96 Å². The summed E-state index contributed by atoms with van der Waals surface area (Å²) in [5.41, 5.74) is 10.5. The first kappa shape index (κ1) is 16.0. The van der Waals surface area contributed by atoms with Crippen molar-refractivity contribution in [2.24, 2.45) is 5.73 Å². The number of hydrogen-bond donors (Lipinski definition) is 1. The fraction of sp³-hybridized carbons (Fsp3) is 0.389. The number of aromatic nitrogens is 2. The normalized spacial score (nSPS) is 12.0. The third kappa shape index (κ3) is 2.86. The molecule has 2 aromatic heterocycles. The molecule has 0 unspecified atom stereocenters. The Hall–Kier alpha value is -1.85. The highest BCUT2D eigenvalue weighted by molar-refractivity contribution is 7.15. The second-order valence-electron chi connectivity index (χ2n) is 6.56. The van der Waals surface area contributed by atoms with Gasteiger partial charge in [0.05, 0.1) is 23.7 Å². The third-order valence-electron chi connectivity index (χ3n) is 3.82. The molecule has 0 fully saturated rings. The molecule has 0 saturated heterocycles. The molecule has 4 nitrogen and oxygen atoms in total. The Morgan fingerprint density at radius 2 is 1.91 bits per heavy atom. The lowest BCUT2D eigenvalue weighted by atomic mass is 9.90. The zero-order valence-electron chi connectivity index (χ0n) is 14.1. The monoisotopic (exact) mass is 329 g/mol. The van der Waals surface area contributed by atoms with Crippen LogP contribution in [0.15, 0.2) is 29.6 Å². The Morgan fingerprint density at radius 1 is 1.22 bits per heavy atom. The van der Waals surface area contributed by atoms with Crippen molar-refractivity contribution in [3.05, 3.63) is 41.0 Å². The van der Waals surface area contributed by atoms with E-state index in [4.69, 9.17) is 15.5 Å².